The maximum Gasteiger partial charge on any atom is 0.308 e. The number of carboxylic acids is 1. The second-order valence-electron chi connectivity index (χ2n) is 4.51. The van der Waals surface area contributed by atoms with Crippen molar-refractivity contribution in [2.24, 2.45) is 5.92 Å². The fourth-order valence-corrected chi connectivity index (χ4v) is 2.12. The Kier molecular flexibility index (Phi) is 5.83. The van der Waals surface area contributed by atoms with Crippen LogP contribution < -0.4 is 0 Å². The Labute approximate surface area is 129 Å². The largest absolute Gasteiger partial charge is 0.481 e. The van der Waals surface area contributed by atoms with Crippen molar-refractivity contribution in [3.05, 3.63) is 38.3 Å². The van der Waals surface area contributed by atoms with Crippen LogP contribution in [0.1, 0.15) is 24.2 Å². The van der Waals surface area contributed by atoms with Crippen LogP contribution >= 0.6 is 15.9 Å². The predicted molar refractivity (Wildman–Crippen MR) is 79.2 cm³/mol. The molecule has 1 unspecified atom stereocenters. The number of carbonyl (C=O) groups is 2. The number of benzene rings is 1. The molecule has 1 rings (SSSR count). The lowest BCUT2D eigenvalue weighted by Gasteiger charge is -2.23. The van der Waals surface area contributed by atoms with Gasteiger partial charge in [0.15, 0.2) is 0 Å². The quantitative estimate of drug-likeness (QED) is 0.621. The Balaban J connectivity index is 3.03. The van der Waals surface area contributed by atoms with E-state index in [1.807, 2.05) is 0 Å². The molecule has 0 saturated heterocycles. The highest BCUT2D eigenvalue weighted by Crippen LogP contribution is 2.26. The molecule has 0 aliphatic carbocycles. The minimum atomic E-state index is -0.997. The first kappa shape index (κ1) is 17.1. The summed E-state index contributed by atoms with van der Waals surface area (Å²) >= 11 is 3.05. The van der Waals surface area contributed by atoms with Gasteiger partial charge in [-0.05, 0) is 35.0 Å². The topological polar surface area (TPSA) is 101 Å². The highest BCUT2D eigenvalue weighted by atomic mass is 79.9. The Morgan fingerprint density at radius 2 is 2.10 bits per heavy atom. The normalized spacial score (nSPS) is 11.8. The van der Waals surface area contributed by atoms with E-state index in [2.05, 4.69) is 15.9 Å². The summed E-state index contributed by atoms with van der Waals surface area (Å²) in [5.74, 6) is -2.14. The van der Waals surface area contributed by atoms with Crippen LogP contribution in [0.25, 0.3) is 0 Å². The lowest BCUT2D eigenvalue weighted by atomic mass is 10.1. The summed E-state index contributed by atoms with van der Waals surface area (Å²) in [5, 5.41) is 19.8. The summed E-state index contributed by atoms with van der Waals surface area (Å²) < 4.78 is 0.283. The summed E-state index contributed by atoms with van der Waals surface area (Å²) in [6.45, 7) is 3.59. The van der Waals surface area contributed by atoms with E-state index in [-0.39, 0.29) is 22.3 Å². The highest BCUT2D eigenvalue weighted by Gasteiger charge is 2.22. The Morgan fingerprint density at radius 3 is 2.57 bits per heavy atom. The Hall–Kier alpha value is -1.96. The zero-order valence-corrected chi connectivity index (χ0v) is 13.2. The third kappa shape index (κ3) is 4.25. The van der Waals surface area contributed by atoms with Crippen LogP contribution in [-0.4, -0.2) is 39.9 Å². The van der Waals surface area contributed by atoms with Gasteiger partial charge in [-0.1, -0.05) is 6.92 Å². The van der Waals surface area contributed by atoms with Crippen molar-refractivity contribution in [3.63, 3.8) is 0 Å². The second kappa shape index (κ2) is 7.16. The molecule has 1 aromatic carbocycles. The molecule has 0 aliphatic heterocycles. The number of halogens is 1. The van der Waals surface area contributed by atoms with Gasteiger partial charge in [0.25, 0.3) is 11.6 Å². The van der Waals surface area contributed by atoms with Gasteiger partial charge in [-0.25, -0.2) is 0 Å². The third-order valence-corrected chi connectivity index (χ3v) is 3.65. The molecule has 8 heteroatoms. The van der Waals surface area contributed by atoms with Crippen molar-refractivity contribution in [2.45, 2.75) is 13.8 Å². The lowest BCUT2D eigenvalue weighted by molar-refractivity contribution is -0.385. The number of nitro groups is 1. The third-order valence-electron chi connectivity index (χ3n) is 2.97. The maximum absolute atomic E-state index is 12.3. The van der Waals surface area contributed by atoms with Crippen LogP contribution in [0.5, 0.6) is 0 Å². The number of rotatable bonds is 6. The molecule has 0 radical (unpaired) electrons. The van der Waals surface area contributed by atoms with Gasteiger partial charge in [0, 0.05) is 24.7 Å². The van der Waals surface area contributed by atoms with E-state index in [4.69, 9.17) is 5.11 Å². The standard InChI is InChI=1S/C13H15BrN2O5/c1-3-15(7-8(2)13(18)19)12(17)9-4-5-10(14)11(6-9)16(20)21/h4-6,8H,3,7H2,1-2H3,(H,18,19). The van der Waals surface area contributed by atoms with Crippen molar-refractivity contribution in [2.75, 3.05) is 13.1 Å². The number of carboxylic acid groups (broad SMARTS) is 1. The average molecular weight is 359 g/mol. The first-order valence-corrected chi connectivity index (χ1v) is 7.03. The molecule has 1 atom stereocenters. The van der Waals surface area contributed by atoms with Crippen LogP contribution in [0.3, 0.4) is 0 Å². The van der Waals surface area contributed by atoms with Crippen LogP contribution in [0, 0.1) is 16.0 Å². The minimum absolute atomic E-state index is 0.0501. The second-order valence-corrected chi connectivity index (χ2v) is 5.36. The van der Waals surface area contributed by atoms with Gasteiger partial charge in [0.1, 0.15) is 0 Å². The summed E-state index contributed by atoms with van der Waals surface area (Å²) in [6.07, 6.45) is 0. The fourth-order valence-electron chi connectivity index (χ4n) is 1.73. The van der Waals surface area contributed by atoms with Crippen molar-refractivity contribution >= 4 is 33.5 Å². The van der Waals surface area contributed by atoms with E-state index in [0.717, 1.165) is 0 Å². The molecule has 0 spiro atoms. The fraction of sp³-hybridized carbons (Fsp3) is 0.385. The highest BCUT2D eigenvalue weighted by molar-refractivity contribution is 9.10. The zero-order valence-electron chi connectivity index (χ0n) is 11.6. The molecule has 1 amide bonds. The molecule has 0 aromatic heterocycles. The van der Waals surface area contributed by atoms with E-state index >= 15 is 0 Å². The van der Waals surface area contributed by atoms with Crippen molar-refractivity contribution < 1.29 is 19.6 Å². The van der Waals surface area contributed by atoms with Gasteiger partial charge in [0.2, 0.25) is 0 Å². The smallest absolute Gasteiger partial charge is 0.308 e. The summed E-state index contributed by atoms with van der Waals surface area (Å²) in [7, 11) is 0. The number of carbonyl (C=O) groups excluding carboxylic acids is 1. The molecule has 0 bridgehead atoms. The molecule has 114 valence electrons. The monoisotopic (exact) mass is 358 g/mol. The van der Waals surface area contributed by atoms with E-state index in [0.29, 0.717) is 6.54 Å². The van der Waals surface area contributed by atoms with Crippen LogP contribution in [0.4, 0.5) is 5.69 Å². The molecule has 0 saturated carbocycles. The van der Waals surface area contributed by atoms with Crippen molar-refractivity contribution in [1.29, 1.82) is 0 Å². The molecule has 0 fully saturated rings. The van der Waals surface area contributed by atoms with Crippen LogP contribution in [0.15, 0.2) is 22.7 Å². The van der Waals surface area contributed by atoms with Gasteiger partial charge in [-0.15, -0.1) is 0 Å². The van der Waals surface area contributed by atoms with Crippen molar-refractivity contribution in [1.82, 2.24) is 4.90 Å². The average Bonchev–Trinajstić information content (AvgIpc) is 2.43. The first-order valence-electron chi connectivity index (χ1n) is 6.24. The molecule has 21 heavy (non-hydrogen) atoms. The van der Waals surface area contributed by atoms with Gasteiger partial charge in [-0.2, -0.15) is 0 Å². The van der Waals surface area contributed by atoms with Crippen molar-refractivity contribution in [3.8, 4) is 0 Å². The van der Waals surface area contributed by atoms with Gasteiger partial charge >= 0.3 is 5.97 Å². The summed E-state index contributed by atoms with van der Waals surface area (Å²) in [6, 6.07) is 4.08. The van der Waals surface area contributed by atoms with Crippen LogP contribution in [0.2, 0.25) is 0 Å². The summed E-state index contributed by atoms with van der Waals surface area (Å²) in [4.78, 5) is 34.8. The van der Waals surface area contributed by atoms with E-state index in [1.165, 1.54) is 30.0 Å². The number of nitrogens with zero attached hydrogens (tertiary/aromatic N) is 2. The van der Waals surface area contributed by atoms with E-state index in [1.54, 1.807) is 6.92 Å². The number of nitro benzene ring substituents is 1. The predicted octanol–water partition coefficient (Wildman–Crippen LogP) is 2.54. The molecule has 1 N–H and O–H groups in total. The first-order chi connectivity index (χ1) is 9.77. The molecule has 0 heterocycles. The summed E-state index contributed by atoms with van der Waals surface area (Å²) in [5.41, 5.74) is -0.0486. The van der Waals surface area contributed by atoms with E-state index in [9.17, 15) is 19.7 Å². The lowest BCUT2D eigenvalue weighted by Crippen LogP contribution is -2.36. The Morgan fingerprint density at radius 1 is 1.48 bits per heavy atom. The van der Waals surface area contributed by atoms with E-state index < -0.39 is 22.7 Å². The molecular formula is C13H15BrN2O5. The number of aliphatic carboxylic acids is 1. The van der Waals surface area contributed by atoms with Gasteiger partial charge in [0.05, 0.1) is 15.3 Å². The maximum atomic E-state index is 12.3. The minimum Gasteiger partial charge on any atom is -0.481 e. The van der Waals surface area contributed by atoms with Gasteiger partial charge < -0.3 is 10.0 Å². The molecular weight excluding hydrogens is 344 g/mol. The Bertz CT molecular complexity index is 576. The van der Waals surface area contributed by atoms with Crippen LogP contribution in [-0.2, 0) is 4.79 Å². The molecule has 7 nitrogen and oxygen atoms in total. The zero-order chi connectivity index (χ0) is 16.2. The number of hydrogen-bond donors (Lipinski definition) is 1. The SMILES string of the molecule is CCN(CC(C)C(=O)O)C(=O)c1ccc(Br)c([N+](=O)[O-])c1. The number of amides is 1. The number of hydrogen-bond acceptors (Lipinski definition) is 4. The van der Waals surface area contributed by atoms with Gasteiger partial charge in [-0.3, -0.25) is 19.7 Å². The molecule has 0 aliphatic rings. The molecule has 1 aromatic rings.